The number of thiophene rings is 2. The number of anilines is 3. The smallest absolute Gasteiger partial charge is 0.130 e. The molecular weight excluding hydrogens is 575 g/mol. The third kappa shape index (κ3) is 5.49. The van der Waals surface area contributed by atoms with Crippen LogP contribution in [0.2, 0.25) is 0 Å². The van der Waals surface area contributed by atoms with Crippen LogP contribution < -0.4 is 17.2 Å². The van der Waals surface area contributed by atoms with Crippen LogP contribution in [-0.2, 0) is 23.8 Å². The number of alkyl halides is 2. The Morgan fingerprint density at radius 3 is 1.32 bits per heavy atom. The molecule has 0 atom stereocenters. The largest absolute Gasteiger partial charge is 0.396 e. The fourth-order valence-corrected chi connectivity index (χ4v) is 7.07. The summed E-state index contributed by atoms with van der Waals surface area (Å²) in [5.74, 6) is 0. The van der Waals surface area contributed by atoms with Crippen molar-refractivity contribution in [1.82, 2.24) is 0 Å². The van der Waals surface area contributed by atoms with Gasteiger partial charge in [-0.2, -0.15) is 4.36 Å². The maximum Gasteiger partial charge on any atom is 0.130 e. The summed E-state index contributed by atoms with van der Waals surface area (Å²) in [5.41, 5.74) is 22.9. The minimum Gasteiger partial charge on any atom is -0.396 e. The van der Waals surface area contributed by atoms with Crippen LogP contribution in [0.5, 0.6) is 0 Å². The summed E-state index contributed by atoms with van der Waals surface area (Å²) in [6, 6.07) is 22.6. The van der Waals surface area contributed by atoms with Gasteiger partial charge in [0.15, 0.2) is 0 Å². The number of rotatable bonds is 7. The lowest BCUT2D eigenvalue weighted by atomic mass is 9.98. The molecule has 210 valence electrons. The van der Waals surface area contributed by atoms with E-state index in [0.29, 0.717) is 45.0 Å². The molecule has 0 amide bonds. The zero-order valence-corrected chi connectivity index (χ0v) is 25.5. The van der Waals surface area contributed by atoms with E-state index >= 15 is 0 Å². The van der Waals surface area contributed by atoms with E-state index in [4.69, 9.17) is 29.6 Å². The first-order valence-electron chi connectivity index (χ1n) is 12.9. The number of benzene rings is 3. The maximum absolute atomic E-state index is 14.3. The molecule has 0 bridgehead atoms. The molecule has 0 radical (unpaired) electrons. The second-order valence-corrected chi connectivity index (χ2v) is 13.2. The molecule has 0 aliphatic rings. The van der Waals surface area contributed by atoms with E-state index in [1.807, 2.05) is 48.5 Å². The molecule has 0 saturated carbocycles. The van der Waals surface area contributed by atoms with Gasteiger partial charge in [-0.1, -0.05) is 48.5 Å². The minimum atomic E-state index is -1.41. The molecule has 0 aliphatic carbocycles. The molecule has 0 fully saturated rings. The second kappa shape index (κ2) is 10.6. The molecule has 0 spiro atoms. The van der Waals surface area contributed by atoms with Crippen LogP contribution in [-0.4, -0.2) is 0 Å². The third-order valence-electron chi connectivity index (χ3n) is 7.10. The van der Waals surface area contributed by atoms with Crippen LogP contribution in [0.15, 0.2) is 77.2 Å². The van der Waals surface area contributed by atoms with Gasteiger partial charge in [0.25, 0.3) is 0 Å². The normalized spacial score (nSPS) is 12.0. The van der Waals surface area contributed by atoms with Gasteiger partial charge in [-0.05, 0) is 74.2 Å². The highest BCUT2D eigenvalue weighted by Crippen LogP contribution is 2.53. The van der Waals surface area contributed by atoms with E-state index < -0.39 is 11.3 Å². The van der Waals surface area contributed by atoms with Crippen LogP contribution in [0.4, 0.5) is 31.5 Å². The quantitative estimate of drug-likeness (QED) is 0.161. The molecule has 0 unspecified atom stereocenters. The van der Waals surface area contributed by atoms with Crippen molar-refractivity contribution in [3.63, 3.8) is 0 Å². The van der Waals surface area contributed by atoms with E-state index in [2.05, 4.69) is 4.36 Å². The molecule has 2 aromatic heterocycles. The van der Waals surface area contributed by atoms with Crippen molar-refractivity contribution < 1.29 is 8.78 Å². The summed E-state index contributed by atoms with van der Waals surface area (Å²) in [4.78, 5) is 3.60. The van der Waals surface area contributed by atoms with Crippen molar-refractivity contribution in [1.29, 1.82) is 0 Å². The van der Waals surface area contributed by atoms with Crippen molar-refractivity contribution >= 4 is 57.8 Å². The molecule has 2 heterocycles. The predicted octanol–water partition coefficient (Wildman–Crippen LogP) is 10.00. The van der Waals surface area contributed by atoms with Gasteiger partial charge in [0.1, 0.15) is 17.0 Å². The number of nitrogens with two attached hydrogens (primary N) is 3. The van der Waals surface area contributed by atoms with Crippen LogP contribution >= 0.6 is 22.7 Å². The summed E-state index contributed by atoms with van der Waals surface area (Å²) in [5, 5.41) is 0. The molecule has 4 nitrogen and oxygen atoms in total. The highest BCUT2D eigenvalue weighted by Gasteiger charge is 2.25. The van der Waals surface area contributed by atoms with Crippen LogP contribution in [0.1, 0.15) is 38.8 Å². The summed E-state index contributed by atoms with van der Waals surface area (Å²) in [7, 11) is 0. The lowest BCUT2D eigenvalue weighted by molar-refractivity contribution is 0.221. The van der Waals surface area contributed by atoms with Crippen molar-refractivity contribution in [3.05, 3.63) is 83.9 Å². The molecule has 5 rings (SSSR count). The van der Waals surface area contributed by atoms with Crippen molar-refractivity contribution in [2.45, 2.75) is 39.0 Å². The second-order valence-electron chi connectivity index (χ2n) is 10.9. The fourth-order valence-electron chi connectivity index (χ4n) is 4.72. The van der Waals surface area contributed by atoms with Gasteiger partial charge >= 0.3 is 0 Å². The molecule has 0 saturated heterocycles. The van der Waals surface area contributed by atoms with Gasteiger partial charge in [-0.25, -0.2) is 8.78 Å². The molecule has 9 heteroatoms. The lowest BCUT2D eigenvalue weighted by Crippen LogP contribution is -2.08. The SMILES string of the molecule is CC(C)(F)c1ccc(-c2ccc(-c3c(N)c(N)c(-c4ccc(-c5ccc(C(C)(C)F)cc5)s4)c(N=S)c3N)s2)cc1. The zero-order chi connectivity index (χ0) is 29.7. The van der Waals surface area contributed by atoms with Crippen LogP contribution in [0.3, 0.4) is 0 Å². The van der Waals surface area contributed by atoms with E-state index in [1.165, 1.54) is 50.4 Å². The number of nitrogen functional groups attached to an aromatic ring is 3. The van der Waals surface area contributed by atoms with Gasteiger partial charge in [0.05, 0.1) is 17.1 Å². The van der Waals surface area contributed by atoms with Gasteiger partial charge < -0.3 is 17.2 Å². The van der Waals surface area contributed by atoms with E-state index in [9.17, 15) is 8.78 Å². The first-order chi connectivity index (χ1) is 19.3. The Morgan fingerprint density at radius 2 is 0.927 bits per heavy atom. The molecule has 6 N–H and O–H groups in total. The Bertz CT molecular complexity index is 1740. The van der Waals surface area contributed by atoms with Crippen molar-refractivity contribution in [2.24, 2.45) is 4.36 Å². The number of hydrogen-bond donors (Lipinski definition) is 3. The zero-order valence-electron chi connectivity index (χ0n) is 23.1. The average Bonchev–Trinajstić information content (AvgIpc) is 3.61. The molecule has 0 aliphatic heterocycles. The van der Waals surface area contributed by atoms with Crippen molar-refractivity contribution in [2.75, 3.05) is 17.2 Å². The maximum atomic E-state index is 14.3. The summed E-state index contributed by atoms with van der Waals surface area (Å²) < 4.78 is 32.7. The predicted molar refractivity (Wildman–Crippen MR) is 175 cm³/mol. The van der Waals surface area contributed by atoms with E-state index in [-0.39, 0.29) is 0 Å². The summed E-state index contributed by atoms with van der Waals surface area (Å²) in [6.45, 7) is 6.15. The lowest BCUT2D eigenvalue weighted by Gasteiger charge is -2.17. The highest BCUT2D eigenvalue weighted by molar-refractivity contribution is 7.47. The summed E-state index contributed by atoms with van der Waals surface area (Å²) in [6.07, 6.45) is 0. The van der Waals surface area contributed by atoms with E-state index in [1.54, 1.807) is 24.3 Å². The standard InChI is InChI=1S/C32H30F2N4S3/c1-31(2,33)19-9-5-17(6-10-19)21-13-15-23(40-21)25-27(35)28(36)26(30(38-39)29(25)37)24-16-14-22(41-24)18-7-11-20(12-8-18)32(3,4)34/h5-16H,35-37H2,1-4H3. The topological polar surface area (TPSA) is 90.4 Å². The monoisotopic (exact) mass is 604 g/mol. The number of hydrogen-bond acceptors (Lipinski definition) is 7. The fraction of sp³-hybridized carbons (Fsp3) is 0.188. The van der Waals surface area contributed by atoms with E-state index in [0.717, 1.165) is 30.6 Å². The Labute approximate surface area is 252 Å². The van der Waals surface area contributed by atoms with Crippen molar-refractivity contribution in [3.8, 4) is 41.8 Å². The Hall–Kier alpha value is -3.66. The average molecular weight is 605 g/mol. The molecule has 3 aromatic carbocycles. The Morgan fingerprint density at radius 1 is 0.561 bits per heavy atom. The third-order valence-corrected chi connectivity index (χ3v) is 9.58. The molecular formula is C32H30F2N4S3. The van der Waals surface area contributed by atoms with Gasteiger partial charge in [0, 0.05) is 43.1 Å². The molecule has 5 aromatic rings. The minimum absolute atomic E-state index is 0.352. The molecule has 41 heavy (non-hydrogen) atoms. The van der Waals surface area contributed by atoms with Gasteiger partial charge in [0.2, 0.25) is 0 Å². The Balaban J connectivity index is 1.52. The Kier molecular flexibility index (Phi) is 7.48. The number of nitrogens with zero attached hydrogens (tertiary/aromatic N) is 1. The number of halogens is 2. The van der Waals surface area contributed by atoms with Gasteiger partial charge in [-0.15, -0.1) is 22.7 Å². The van der Waals surface area contributed by atoms with Crippen LogP contribution in [0.25, 0.3) is 41.8 Å². The van der Waals surface area contributed by atoms with Crippen LogP contribution in [0, 0.1) is 0 Å². The first-order valence-corrected chi connectivity index (χ1v) is 14.9. The summed E-state index contributed by atoms with van der Waals surface area (Å²) >= 11 is 8.18. The first kappa shape index (κ1) is 28.9. The van der Waals surface area contributed by atoms with Gasteiger partial charge in [-0.3, -0.25) is 0 Å². The highest BCUT2D eigenvalue weighted by atomic mass is 32.1.